The summed E-state index contributed by atoms with van der Waals surface area (Å²) in [5.74, 6) is -8.79. The van der Waals surface area contributed by atoms with E-state index in [1.807, 2.05) is 0 Å². The maximum Gasteiger partial charge on any atom is 0.371 e. The second-order valence-electron chi connectivity index (χ2n) is 15.0. The molecule has 0 radical (unpaired) electrons. The topological polar surface area (TPSA) is 377 Å². The van der Waals surface area contributed by atoms with Crippen LogP contribution in [0.1, 0.15) is 49.1 Å². The molecule has 0 bridgehead atoms. The molecule has 24 heteroatoms. The number of benzene rings is 4. The average molecular weight is 997 g/mol. The van der Waals surface area contributed by atoms with Crippen molar-refractivity contribution in [3.63, 3.8) is 0 Å². The Labute approximate surface area is 398 Å². The number of phenols is 2. The number of carboxylic acids is 4. The van der Waals surface area contributed by atoms with Gasteiger partial charge in [0.25, 0.3) is 0 Å². The summed E-state index contributed by atoms with van der Waals surface area (Å²) in [6, 6.07) is 16.5. The van der Waals surface area contributed by atoms with Gasteiger partial charge >= 0.3 is 23.9 Å². The van der Waals surface area contributed by atoms with Crippen LogP contribution < -0.4 is 40.7 Å². The number of aromatic hydroxyl groups is 2. The van der Waals surface area contributed by atoms with Gasteiger partial charge in [0.1, 0.15) is 117 Å². The van der Waals surface area contributed by atoms with E-state index in [1.54, 1.807) is 31.2 Å². The normalized spacial score (nSPS) is 11.2. The Balaban J connectivity index is 0.000000211. The van der Waals surface area contributed by atoms with Crippen molar-refractivity contribution in [3.05, 3.63) is 149 Å². The smallest absolute Gasteiger partial charge is 0.371 e. The van der Waals surface area contributed by atoms with Gasteiger partial charge in [-0.2, -0.15) is 0 Å². The largest absolute Gasteiger partial charge is 0.508 e. The summed E-state index contributed by atoms with van der Waals surface area (Å²) in [7, 11) is 0. The zero-order valence-electron chi connectivity index (χ0n) is 36.8. The van der Waals surface area contributed by atoms with Gasteiger partial charge < -0.3 is 77.1 Å². The summed E-state index contributed by atoms with van der Waals surface area (Å²) in [4.78, 5) is 94.3. The number of phenolic OH excluding ortho intramolecular Hbond substituents is 2. The Hall–Kier alpha value is -9.68. The number of rotatable bonds is 18. The van der Waals surface area contributed by atoms with E-state index >= 15 is 0 Å². The highest BCUT2D eigenvalue weighted by Gasteiger charge is 2.22. The summed E-state index contributed by atoms with van der Waals surface area (Å²) in [6.45, 7) is 1.04. The van der Waals surface area contributed by atoms with E-state index < -0.39 is 106 Å². The van der Waals surface area contributed by atoms with Crippen molar-refractivity contribution < 1.29 is 96.3 Å². The van der Waals surface area contributed by atoms with Crippen molar-refractivity contribution in [2.75, 3.05) is 33.0 Å². The van der Waals surface area contributed by atoms with E-state index in [1.165, 1.54) is 12.1 Å². The van der Waals surface area contributed by atoms with Crippen LogP contribution in [-0.2, 0) is 4.74 Å². The summed E-state index contributed by atoms with van der Waals surface area (Å²) in [5.41, 5.74) is -3.04. The van der Waals surface area contributed by atoms with Crippen molar-refractivity contribution >= 4 is 67.8 Å². The molecule has 24 nitrogen and oxygen atoms in total. The van der Waals surface area contributed by atoms with Gasteiger partial charge in [0.2, 0.25) is 23.0 Å². The fourth-order valence-corrected chi connectivity index (χ4v) is 6.89. The van der Waals surface area contributed by atoms with Crippen LogP contribution in [0, 0.1) is 0 Å². The summed E-state index contributed by atoms with van der Waals surface area (Å²) < 4.78 is 48.8. The van der Waals surface area contributed by atoms with Gasteiger partial charge in [-0.05, 0) is 31.2 Å². The number of aliphatic hydroxyl groups excluding tert-OH is 1. The Bertz CT molecular complexity index is 3440. The molecule has 8 aromatic rings. The zero-order valence-corrected chi connectivity index (χ0v) is 36.8. The number of aliphatic hydroxyl groups is 1. The molecule has 4 aromatic heterocycles. The first-order valence-electron chi connectivity index (χ1n) is 20.8. The van der Waals surface area contributed by atoms with Crippen LogP contribution in [-0.4, -0.2) is 105 Å². The Kier molecular flexibility index (Phi) is 14.9. The van der Waals surface area contributed by atoms with Gasteiger partial charge in [0.05, 0.1) is 0 Å². The lowest BCUT2D eigenvalue weighted by Crippen LogP contribution is -2.29. The molecule has 0 aliphatic heterocycles. The molecule has 72 heavy (non-hydrogen) atoms. The number of fused-ring (bicyclic) bond motifs is 4. The lowest BCUT2D eigenvalue weighted by molar-refractivity contribution is -0.000609. The summed E-state index contributed by atoms with van der Waals surface area (Å²) in [5, 5.41) is 66.2. The molecule has 0 aliphatic carbocycles. The SMILES string of the molecule is CCOC(COc1cccc2oc(C(=O)O)cc(=O)c12)COc1cccc2oc(C(=O)O)cc(=O)c12.O=C(O)c1cc(=O)c2c(OCC(O)COc3cc(O)cc4oc(C(=O)O)cc(=O)c34)cc(O)cc2o1. The minimum absolute atomic E-state index is 0.0460. The van der Waals surface area contributed by atoms with Crippen LogP contribution in [0.4, 0.5) is 0 Å². The first-order chi connectivity index (χ1) is 34.3. The standard InChI is InChI=1S/C25H20O11.C23H16O13/c1-2-32-13(11-33-16-5-3-7-18-22(16)14(26)9-20(35-18)24(28)29)12-34-17-6-4-8-19-23(17)15(27)10-21(36-19)25(30)31;24-9-1-14(20-12(27)5-18(22(29)30)35-16(20)3-9)33-7-11(26)8-34-15-2-10(25)4-17-21(15)13(28)6-19(36-17)23(31)32/h3-10,13H,2,11-12H2,1H3,(H,28,29)(H,30,31);1-6,11,24-26H,7-8H2,(H,29,30)(H,31,32). The van der Waals surface area contributed by atoms with Gasteiger partial charge in [-0.15, -0.1) is 0 Å². The molecular weight excluding hydrogens is 961 g/mol. The van der Waals surface area contributed by atoms with Crippen molar-refractivity contribution in [1.82, 2.24) is 0 Å². The van der Waals surface area contributed by atoms with Crippen molar-refractivity contribution in [2.24, 2.45) is 0 Å². The minimum atomic E-state index is -1.49. The minimum Gasteiger partial charge on any atom is -0.508 e. The van der Waals surface area contributed by atoms with Crippen LogP contribution in [0.5, 0.6) is 34.5 Å². The molecule has 0 fully saturated rings. The quantitative estimate of drug-likeness (QED) is 0.0613. The summed E-state index contributed by atoms with van der Waals surface area (Å²) >= 11 is 0. The maximum atomic E-state index is 12.5. The van der Waals surface area contributed by atoms with Gasteiger partial charge in [-0.3, -0.25) is 19.2 Å². The van der Waals surface area contributed by atoms with Gasteiger partial charge in [0, 0.05) is 55.1 Å². The van der Waals surface area contributed by atoms with Crippen LogP contribution in [0.2, 0.25) is 0 Å². The van der Waals surface area contributed by atoms with Crippen LogP contribution in [0.25, 0.3) is 43.9 Å². The molecular formula is C48H36O24. The number of ether oxygens (including phenoxy) is 5. The molecule has 0 spiro atoms. The van der Waals surface area contributed by atoms with Gasteiger partial charge in [-0.1, -0.05) is 12.1 Å². The second-order valence-corrected chi connectivity index (χ2v) is 15.0. The molecule has 0 saturated carbocycles. The van der Waals surface area contributed by atoms with Gasteiger partial charge in [-0.25, -0.2) is 19.2 Å². The molecule has 372 valence electrons. The molecule has 8 rings (SSSR count). The Morgan fingerprint density at radius 1 is 0.458 bits per heavy atom. The molecule has 7 N–H and O–H groups in total. The van der Waals surface area contributed by atoms with E-state index in [0.29, 0.717) is 6.61 Å². The number of carboxylic acid groups (broad SMARTS) is 4. The first kappa shape index (κ1) is 50.2. The molecule has 4 heterocycles. The van der Waals surface area contributed by atoms with Crippen molar-refractivity contribution in [1.29, 1.82) is 0 Å². The maximum absolute atomic E-state index is 12.5. The first-order valence-corrected chi connectivity index (χ1v) is 20.8. The summed E-state index contributed by atoms with van der Waals surface area (Å²) in [6.07, 6.45) is -1.99. The third kappa shape index (κ3) is 11.3. The van der Waals surface area contributed by atoms with Crippen LogP contribution >= 0.6 is 0 Å². The molecule has 0 aliphatic rings. The van der Waals surface area contributed by atoms with E-state index in [4.69, 9.17) is 61.8 Å². The number of hydrogen-bond donors (Lipinski definition) is 7. The third-order valence-corrected chi connectivity index (χ3v) is 9.95. The molecule has 0 saturated heterocycles. The zero-order chi connectivity index (χ0) is 52.0. The highest BCUT2D eigenvalue weighted by molar-refractivity contribution is 5.93. The highest BCUT2D eigenvalue weighted by atomic mass is 16.6. The predicted octanol–water partition coefficient (Wildman–Crippen LogP) is 4.68. The van der Waals surface area contributed by atoms with E-state index in [0.717, 1.165) is 48.5 Å². The Morgan fingerprint density at radius 2 is 0.778 bits per heavy atom. The van der Waals surface area contributed by atoms with Crippen molar-refractivity contribution in [2.45, 2.75) is 19.1 Å². The number of carbonyl (C=O) groups is 4. The fourth-order valence-electron chi connectivity index (χ4n) is 6.89. The molecule has 0 atom stereocenters. The van der Waals surface area contributed by atoms with E-state index in [2.05, 4.69) is 0 Å². The van der Waals surface area contributed by atoms with Crippen LogP contribution in [0.15, 0.2) is 122 Å². The third-order valence-electron chi connectivity index (χ3n) is 9.95. The predicted molar refractivity (Wildman–Crippen MR) is 245 cm³/mol. The van der Waals surface area contributed by atoms with E-state index in [9.17, 15) is 53.7 Å². The molecule has 0 unspecified atom stereocenters. The second kappa shape index (κ2) is 21.3. The lowest BCUT2D eigenvalue weighted by atomic mass is 10.2. The fraction of sp³-hybridized carbons (Fsp3) is 0.167. The van der Waals surface area contributed by atoms with E-state index in [-0.39, 0.29) is 80.1 Å². The number of hydrogen-bond acceptors (Lipinski definition) is 20. The average Bonchev–Trinajstić information content (AvgIpc) is 3.32. The van der Waals surface area contributed by atoms with Crippen molar-refractivity contribution in [3.8, 4) is 34.5 Å². The van der Waals surface area contributed by atoms with Gasteiger partial charge in [0.15, 0.2) is 21.7 Å². The Morgan fingerprint density at radius 3 is 1.11 bits per heavy atom. The highest BCUT2D eigenvalue weighted by Crippen LogP contribution is 2.32. The molecule has 4 aromatic carbocycles. The number of aromatic carboxylic acids is 4. The molecule has 0 amide bonds. The van der Waals surface area contributed by atoms with Crippen LogP contribution in [0.3, 0.4) is 0 Å². The monoisotopic (exact) mass is 996 g/mol. The lowest BCUT2D eigenvalue weighted by Gasteiger charge is -2.19.